The fourth-order valence-corrected chi connectivity index (χ4v) is 5.31. The Balaban J connectivity index is 4.38. The van der Waals surface area contributed by atoms with Crippen molar-refractivity contribution in [1.82, 2.24) is 0 Å². The molecular weight excluding hydrogens is 612 g/mol. The molecule has 0 saturated heterocycles. The molecule has 0 aromatic carbocycles. The van der Waals surface area contributed by atoms with Crippen molar-refractivity contribution in [2.24, 2.45) is 0 Å². The molecule has 0 rings (SSSR count). The van der Waals surface area contributed by atoms with Gasteiger partial charge in [0.15, 0.2) is 6.10 Å². The average molecular weight is 687 g/mol. The topological polar surface area (TPSA) is 78.9 Å². The first-order valence-electron chi connectivity index (χ1n) is 20.1. The van der Waals surface area contributed by atoms with Crippen LogP contribution in [0.2, 0.25) is 0 Å². The summed E-state index contributed by atoms with van der Waals surface area (Å²) in [5, 5.41) is 0. The summed E-state index contributed by atoms with van der Waals surface area (Å²) in [6.07, 6.45) is 42.6. The Hall–Kier alpha value is -2.63. The first-order valence-corrected chi connectivity index (χ1v) is 20.1. The normalized spacial score (nSPS) is 12.5. The van der Waals surface area contributed by atoms with Crippen LogP contribution in [-0.2, 0) is 28.6 Å². The third-order valence-corrected chi connectivity index (χ3v) is 8.35. The maximum Gasteiger partial charge on any atom is 0.306 e. The summed E-state index contributed by atoms with van der Waals surface area (Å²) < 4.78 is 16.5. The summed E-state index contributed by atoms with van der Waals surface area (Å²) in [5.74, 6) is -0.946. The van der Waals surface area contributed by atoms with Gasteiger partial charge in [-0.05, 0) is 57.8 Å². The van der Waals surface area contributed by atoms with E-state index in [2.05, 4.69) is 69.4 Å². The van der Waals surface area contributed by atoms with Crippen molar-refractivity contribution in [3.63, 3.8) is 0 Å². The molecule has 0 spiro atoms. The van der Waals surface area contributed by atoms with Gasteiger partial charge in [-0.25, -0.2) is 0 Å². The van der Waals surface area contributed by atoms with Gasteiger partial charge in [-0.15, -0.1) is 0 Å². The van der Waals surface area contributed by atoms with Crippen molar-refractivity contribution < 1.29 is 28.6 Å². The zero-order valence-corrected chi connectivity index (χ0v) is 31.9. The van der Waals surface area contributed by atoms with Gasteiger partial charge in [0.05, 0.1) is 0 Å². The third kappa shape index (κ3) is 36.5. The zero-order chi connectivity index (χ0) is 35.9. The molecule has 1 atom stereocenters. The van der Waals surface area contributed by atoms with E-state index in [1.54, 1.807) is 0 Å². The molecule has 0 heterocycles. The number of esters is 3. The van der Waals surface area contributed by atoms with Gasteiger partial charge in [-0.3, -0.25) is 14.4 Å². The molecular formula is C43H74O6. The second-order valence-corrected chi connectivity index (χ2v) is 13.2. The molecule has 0 bridgehead atoms. The van der Waals surface area contributed by atoms with Crippen LogP contribution < -0.4 is 0 Å². The SMILES string of the molecule is CC/C=C\C/C=C\C/C=C\C/C=C\CCCCC(=O)OCC(COC(=O)CCCCCCCC)OC(=O)CCCCCCCCCCCC. The Morgan fingerprint density at radius 1 is 0.429 bits per heavy atom. The van der Waals surface area contributed by atoms with Gasteiger partial charge in [-0.1, -0.05) is 159 Å². The van der Waals surface area contributed by atoms with Crippen molar-refractivity contribution in [2.75, 3.05) is 13.2 Å². The highest BCUT2D eigenvalue weighted by atomic mass is 16.6. The van der Waals surface area contributed by atoms with E-state index < -0.39 is 6.10 Å². The lowest BCUT2D eigenvalue weighted by molar-refractivity contribution is -0.167. The van der Waals surface area contributed by atoms with E-state index in [1.165, 1.54) is 64.2 Å². The Morgan fingerprint density at radius 3 is 1.24 bits per heavy atom. The van der Waals surface area contributed by atoms with Crippen molar-refractivity contribution in [2.45, 2.75) is 194 Å². The van der Waals surface area contributed by atoms with E-state index in [-0.39, 0.29) is 31.1 Å². The van der Waals surface area contributed by atoms with Gasteiger partial charge < -0.3 is 14.2 Å². The number of carbonyl (C=O) groups excluding carboxylic acids is 3. The summed E-state index contributed by atoms with van der Waals surface area (Å²) in [6, 6.07) is 0. The van der Waals surface area contributed by atoms with Gasteiger partial charge in [0.25, 0.3) is 0 Å². The third-order valence-electron chi connectivity index (χ3n) is 8.35. The molecule has 6 nitrogen and oxygen atoms in total. The molecule has 49 heavy (non-hydrogen) atoms. The van der Waals surface area contributed by atoms with Crippen LogP contribution in [0.25, 0.3) is 0 Å². The first-order chi connectivity index (χ1) is 24.0. The Bertz CT molecular complexity index is 887. The highest BCUT2D eigenvalue weighted by molar-refractivity contribution is 5.71. The van der Waals surface area contributed by atoms with E-state index in [1.807, 2.05) is 0 Å². The minimum absolute atomic E-state index is 0.0858. The van der Waals surface area contributed by atoms with E-state index >= 15 is 0 Å². The maximum atomic E-state index is 12.6. The van der Waals surface area contributed by atoms with Gasteiger partial charge in [0.1, 0.15) is 13.2 Å². The largest absolute Gasteiger partial charge is 0.462 e. The minimum Gasteiger partial charge on any atom is -0.462 e. The Morgan fingerprint density at radius 2 is 0.796 bits per heavy atom. The van der Waals surface area contributed by atoms with Crippen LogP contribution in [0.5, 0.6) is 0 Å². The monoisotopic (exact) mass is 687 g/mol. The molecule has 0 aliphatic carbocycles. The van der Waals surface area contributed by atoms with Crippen LogP contribution in [-0.4, -0.2) is 37.2 Å². The number of allylic oxidation sites excluding steroid dienone is 8. The second-order valence-electron chi connectivity index (χ2n) is 13.2. The fraction of sp³-hybridized carbons (Fsp3) is 0.744. The number of rotatable bonds is 35. The standard InChI is InChI=1S/C43H74O6/c1-4-7-10-13-16-18-20-21-22-23-24-26-27-30-33-36-42(45)48-39-40(38-47-41(44)35-32-29-15-12-9-6-3)49-43(46)37-34-31-28-25-19-17-14-11-8-5-2/h7,10,16,18,21-22,24,26,40H,4-6,8-9,11-15,17,19-20,23,25,27-39H2,1-3H3/b10-7-,18-16-,22-21-,26-24-. The Kier molecular flexibility index (Phi) is 36.1. The summed E-state index contributed by atoms with van der Waals surface area (Å²) in [7, 11) is 0. The second kappa shape index (κ2) is 38.2. The molecule has 0 aliphatic heterocycles. The van der Waals surface area contributed by atoms with Gasteiger partial charge in [0, 0.05) is 19.3 Å². The highest BCUT2D eigenvalue weighted by Gasteiger charge is 2.19. The van der Waals surface area contributed by atoms with Crippen LogP contribution in [0.3, 0.4) is 0 Å². The quantitative estimate of drug-likeness (QED) is 0.0286. The molecule has 6 heteroatoms. The van der Waals surface area contributed by atoms with Gasteiger partial charge in [-0.2, -0.15) is 0 Å². The molecule has 0 radical (unpaired) electrons. The summed E-state index contributed by atoms with van der Waals surface area (Å²) in [6.45, 7) is 6.38. The van der Waals surface area contributed by atoms with Crippen LogP contribution in [0.4, 0.5) is 0 Å². The van der Waals surface area contributed by atoms with Crippen molar-refractivity contribution >= 4 is 17.9 Å². The molecule has 0 N–H and O–H groups in total. The smallest absolute Gasteiger partial charge is 0.306 e. The highest BCUT2D eigenvalue weighted by Crippen LogP contribution is 2.13. The first kappa shape index (κ1) is 46.4. The average Bonchev–Trinajstić information content (AvgIpc) is 3.10. The summed E-state index contributed by atoms with van der Waals surface area (Å²) >= 11 is 0. The lowest BCUT2D eigenvalue weighted by Crippen LogP contribution is -2.30. The molecule has 0 aromatic rings. The van der Waals surface area contributed by atoms with Crippen LogP contribution in [0, 0.1) is 0 Å². The maximum absolute atomic E-state index is 12.6. The van der Waals surface area contributed by atoms with Crippen LogP contribution >= 0.6 is 0 Å². The molecule has 0 aliphatic rings. The van der Waals surface area contributed by atoms with Crippen molar-refractivity contribution in [3.05, 3.63) is 48.6 Å². The zero-order valence-electron chi connectivity index (χ0n) is 31.9. The molecule has 0 saturated carbocycles. The number of unbranched alkanes of at least 4 members (excludes halogenated alkanes) is 16. The van der Waals surface area contributed by atoms with Crippen LogP contribution in [0.15, 0.2) is 48.6 Å². The Labute approximate surface area is 301 Å². The minimum atomic E-state index is -0.780. The molecule has 0 amide bonds. The van der Waals surface area contributed by atoms with E-state index in [4.69, 9.17) is 14.2 Å². The molecule has 0 aromatic heterocycles. The van der Waals surface area contributed by atoms with E-state index in [0.717, 1.165) is 83.5 Å². The summed E-state index contributed by atoms with van der Waals surface area (Å²) in [5.41, 5.74) is 0. The number of carbonyl (C=O) groups is 3. The predicted octanol–water partition coefficient (Wildman–Crippen LogP) is 12.4. The lowest BCUT2D eigenvalue weighted by Gasteiger charge is -2.18. The van der Waals surface area contributed by atoms with Crippen molar-refractivity contribution in [3.8, 4) is 0 Å². The number of ether oxygens (including phenoxy) is 3. The fourth-order valence-electron chi connectivity index (χ4n) is 5.31. The summed E-state index contributed by atoms with van der Waals surface area (Å²) in [4.78, 5) is 37.3. The predicted molar refractivity (Wildman–Crippen MR) is 205 cm³/mol. The lowest BCUT2D eigenvalue weighted by atomic mass is 10.1. The van der Waals surface area contributed by atoms with E-state index in [0.29, 0.717) is 19.3 Å². The van der Waals surface area contributed by atoms with E-state index in [9.17, 15) is 14.4 Å². The molecule has 1 unspecified atom stereocenters. The van der Waals surface area contributed by atoms with Crippen molar-refractivity contribution in [1.29, 1.82) is 0 Å². The number of hydrogen-bond donors (Lipinski definition) is 0. The van der Waals surface area contributed by atoms with Crippen LogP contribution in [0.1, 0.15) is 188 Å². The van der Waals surface area contributed by atoms with Gasteiger partial charge >= 0.3 is 17.9 Å². The van der Waals surface area contributed by atoms with Gasteiger partial charge in [0.2, 0.25) is 0 Å². The number of hydrogen-bond acceptors (Lipinski definition) is 6. The molecule has 282 valence electrons. The molecule has 0 fully saturated rings.